The van der Waals surface area contributed by atoms with E-state index < -0.39 is 12.0 Å². The number of hydrogen-bond acceptors (Lipinski definition) is 9. The summed E-state index contributed by atoms with van der Waals surface area (Å²) in [5.41, 5.74) is 2.70. The molecule has 4 aromatic rings. The largest absolute Gasteiger partial charge is 0.493 e. The Morgan fingerprint density at radius 2 is 1.85 bits per heavy atom. The first-order valence-electron chi connectivity index (χ1n) is 15.4. The normalized spacial score (nSPS) is 14.4. The van der Waals surface area contributed by atoms with Gasteiger partial charge in [-0.1, -0.05) is 41.1 Å². The smallest absolute Gasteiger partial charge is 0.338 e. The van der Waals surface area contributed by atoms with Crippen molar-refractivity contribution in [3.63, 3.8) is 0 Å². The summed E-state index contributed by atoms with van der Waals surface area (Å²) in [6.07, 6.45) is 1.70. The van der Waals surface area contributed by atoms with Crippen LogP contribution in [0.1, 0.15) is 57.4 Å². The molecule has 0 fully saturated rings. The first-order valence-corrected chi connectivity index (χ1v) is 17.4. The van der Waals surface area contributed by atoms with E-state index in [1.165, 1.54) is 15.9 Å². The number of fused-ring (bicyclic) bond motifs is 1. The highest BCUT2D eigenvalue weighted by Crippen LogP contribution is 2.39. The zero-order valence-electron chi connectivity index (χ0n) is 27.5. The number of hydrogen-bond donors (Lipinski definition) is 0. The van der Waals surface area contributed by atoms with Gasteiger partial charge in [-0.2, -0.15) is 0 Å². The molecule has 0 saturated carbocycles. The van der Waals surface area contributed by atoms with Gasteiger partial charge in [0, 0.05) is 5.02 Å². The molecule has 2 heterocycles. The number of allylic oxidation sites excluding steroid dienone is 1. The van der Waals surface area contributed by atoms with E-state index in [0.717, 1.165) is 5.56 Å². The zero-order valence-corrected chi connectivity index (χ0v) is 30.6. The van der Waals surface area contributed by atoms with E-state index in [-0.39, 0.29) is 30.5 Å². The Labute approximate surface area is 296 Å². The number of ether oxygens (including phenoxy) is 5. The van der Waals surface area contributed by atoms with Gasteiger partial charge in [0.25, 0.3) is 5.56 Å². The number of benzene rings is 3. The van der Waals surface area contributed by atoms with Crippen LogP contribution in [-0.2, 0) is 16.1 Å². The second kappa shape index (κ2) is 15.4. The molecule has 0 saturated heterocycles. The Morgan fingerprint density at radius 3 is 2.54 bits per heavy atom. The number of halogens is 2. The third kappa shape index (κ3) is 7.64. The predicted molar refractivity (Wildman–Crippen MR) is 190 cm³/mol. The van der Waals surface area contributed by atoms with Crippen LogP contribution in [0.15, 0.2) is 80.1 Å². The van der Waals surface area contributed by atoms with Crippen molar-refractivity contribution in [3.8, 4) is 23.0 Å². The van der Waals surface area contributed by atoms with E-state index in [4.69, 9.17) is 35.3 Å². The summed E-state index contributed by atoms with van der Waals surface area (Å²) in [5.74, 6) is 1.54. The van der Waals surface area contributed by atoms with Crippen molar-refractivity contribution < 1.29 is 28.5 Å². The second-order valence-electron chi connectivity index (χ2n) is 11.1. The molecular weight excluding hydrogens is 720 g/mol. The van der Waals surface area contributed by atoms with Gasteiger partial charge in [-0.25, -0.2) is 9.79 Å². The maximum absolute atomic E-state index is 14.2. The molecule has 12 heteroatoms. The Balaban J connectivity index is 1.61. The number of carbonyl (C=O) groups is 1. The van der Waals surface area contributed by atoms with Crippen LogP contribution in [0.3, 0.4) is 0 Å². The minimum atomic E-state index is -0.808. The van der Waals surface area contributed by atoms with Crippen molar-refractivity contribution in [1.82, 2.24) is 4.57 Å². The average molecular weight is 756 g/mol. The van der Waals surface area contributed by atoms with Crippen molar-refractivity contribution in [3.05, 3.63) is 112 Å². The fourth-order valence-corrected chi connectivity index (χ4v) is 7.15. The first-order chi connectivity index (χ1) is 23.0. The summed E-state index contributed by atoms with van der Waals surface area (Å²) in [6.45, 7) is 10.1. The third-order valence-corrected chi connectivity index (χ3v) is 9.09. The molecule has 0 amide bonds. The van der Waals surface area contributed by atoms with Crippen LogP contribution in [0.25, 0.3) is 6.08 Å². The number of thiazole rings is 1. The predicted octanol–water partition coefficient (Wildman–Crippen LogP) is 6.99. The van der Waals surface area contributed by atoms with Crippen LogP contribution in [0.5, 0.6) is 23.0 Å². The molecule has 0 N–H and O–H groups in total. The summed E-state index contributed by atoms with van der Waals surface area (Å²) in [5, 5.41) is 0.625. The second-order valence-corrected chi connectivity index (χ2v) is 13.4. The summed E-state index contributed by atoms with van der Waals surface area (Å²) in [7, 11) is 1.55. The monoisotopic (exact) mass is 754 g/mol. The van der Waals surface area contributed by atoms with Crippen molar-refractivity contribution in [2.24, 2.45) is 4.99 Å². The van der Waals surface area contributed by atoms with Crippen molar-refractivity contribution in [2.45, 2.75) is 53.4 Å². The Kier molecular flexibility index (Phi) is 11.3. The molecule has 48 heavy (non-hydrogen) atoms. The zero-order chi connectivity index (χ0) is 34.5. The molecule has 0 spiro atoms. The molecule has 1 atom stereocenters. The number of methoxy groups -OCH3 is 1. The van der Waals surface area contributed by atoms with Gasteiger partial charge in [0.2, 0.25) is 0 Å². The van der Waals surface area contributed by atoms with Gasteiger partial charge in [-0.3, -0.25) is 9.36 Å². The lowest BCUT2D eigenvalue weighted by molar-refractivity contribution is -0.139. The quantitative estimate of drug-likeness (QED) is 0.144. The lowest BCUT2D eigenvalue weighted by Gasteiger charge is -2.25. The van der Waals surface area contributed by atoms with E-state index in [9.17, 15) is 9.59 Å². The van der Waals surface area contributed by atoms with Crippen LogP contribution in [0.2, 0.25) is 5.02 Å². The van der Waals surface area contributed by atoms with Gasteiger partial charge < -0.3 is 23.7 Å². The summed E-state index contributed by atoms with van der Waals surface area (Å²) >= 11 is 11.0. The SMILES string of the molecule is CCOC(=O)C1=C(C)N=c2s/c(=C/c3cc(Br)c(OCc4cccc(Cl)c4)c(OCC)c3)c(=O)n2[C@H]1c1ccc(OC(C)C)c(OC)c1. The number of esters is 1. The Bertz CT molecular complexity index is 2050. The van der Waals surface area contributed by atoms with E-state index >= 15 is 0 Å². The van der Waals surface area contributed by atoms with Crippen molar-refractivity contribution in [2.75, 3.05) is 20.3 Å². The number of rotatable bonds is 12. The fourth-order valence-electron chi connectivity index (χ4n) is 5.32. The van der Waals surface area contributed by atoms with E-state index in [1.807, 2.05) is 63.2 Å². The standard InChI is InChI=1S/C36H36BrClN2O7S/c1-7-44-29-16-23(15-26(37)33(29)46-19-22-10-9-11-25(38)14-22)17-30-34(41)40-32(24-12-13-27(47-20(3)4)28(18-24)43-6)31(35(42)45-8-2)21(5)39-36(40)48-30/h9-18,20,32H,7-8,19H2,1-6H3/b30-17+/t32-/m0/s1. The summed E-state index contributed by atoms with van der Waals surface area (Å²) in [4.78, 5) is 32.7. The Hall–Kier alpha value is -4.06. The van der Waals surface area contributed by atoms with Crippen molar-refractivity contribution in [1.29, 1.82) is 0 Å². The Morgan fingerprint density at radius 1 is 1.06 bits per heavy atom. The number of carbonyl (C=O) groups excluding carboxylic acids is 1. The minimum Gasteiger partial charge on any atom is -0.493 e. The first kappa shape index (κ1) is 35.3. The van der Waals surface area contributed by atoms with Crippen LogP contribution >= 0.6 is 38.9 Å². The van der Waals surface area contributed by atoms with Crippen molar-refractivity contribution >= 4 is 50.9 Å². The number of aromatic nitrogens is 1. The highest BCUT2D eigenvalue weighted by atomic mass is 79.9. The van der Waals surface area contributed by atoms with Gasteiger partial charge in [0.05, 0.1) is 52.7 Å². The van der Waals surface area contributed by atoms with Crippen LogP contribution in [0, 0.1) is 0 Å². The molecule has 0 unspecified atom stereocenters. The van der Waals surface area contributed by atoms with E-state index in [1.54, 1.807) is 39.2 Å². The molecule has 9 nitrogen and oxygen atoms in total. The lowest BCUT2D eigenvalue weighted by Crippen LogP contribution is -2.40. The molecule has 1 aliphatic heterocycles. The van der Waals surface area contributed by atoms with E-state index in [0.29, 0.717) is 65.3 Å². The fraction of sp³-hybridized carbons (Fsp3) is 0.306. The van der Waals surface area contributed by atoms with Gasteiger partial charge in [-0.05, 0) is 110 Å². The molecule has 252 valence electrons. The van der Waals surface area contributed by atoms with Gasteiger partial charge >= 0.3 is 5.97 Å². The van der Waals surface area contributed by atoms with Crippen LogP contribution in [0.4, 0.5) is 0 Å². The molecule has 1 aromatic heterocycles. The summed E-state index contributed by atoms with van der Waals surface area (Å²) < 4.78 is 31.7. The molecule has 5 rings (SSSR count). The van der Waals surface area contributed by atoms with Gasteiger partial charge in [0.15, 0.2) is 27.8 Å². The minimum absolute atomic E-state index is 0.0773. The number of nitrogens with zero attached hydrogens (tertiary/aromatic N) is 2. The maximum Gasteiger partial charge on any atom is 0.338 e. The van der Waals surface area contributed by atoms with E-state index in [2.05, 4.69) is 20.9 Å². The average Bonchev–Trinajstić information content (AvgIpc) is 3.33. The topological polar surface area (TPSA) is 97.6 Å². The highest BCUT2D eigenvalue weighted by molar-refractivity contribution is 9.10. The molecule has 0 aliphatic carbocycles. The van der Waals surface area contributed by atoms with Gasteiger partial charge in [-0.15, -0.1) is 0 Å². The van der Waals surface area contributed by atoms with Crippen LogP contribution in [-0.4, -0.2) is 37.0 Å². The lowest BCUT2D eigenvalue weighted by atomic mass is 9.95. The molecular formula is C36H36BrClN2O7S. The highest BCUT2D eigenvalue weighted by Gasteiger charge is 2.34. The maximum atomic E-state index is 14.2. The summed E-state index contributed by atoms with van der Waals surface area (Å²) in [6, 6.07) is 15.7. The van der Waals surface area contributed by atoms with Crippen LogP contribution < -0.4 is 33.8 Å². The van der Waals surface area contributed by atoms with Gasteiger partial charge in [0.1, 0.15) is 6.61 Å². The molecule has 3 aromatic carbocycles. The molecule has 0 radical (unpaired) electrons. The molecule has 1 aliphatic rings. The molecule has 0 bridgehead atoms. The third-order valence-electron chi connectivity index (χ3n) is 7.28.